The SMILES string of the molecule is CCCCCc1cc2c(c(O)c1C(=O)O)C=C[C@](C)(CCC=C(C)C)O2. The van der Waals surface area contributed by atoms with Crippen LogP contribution in [0.4, 0.5) is 0 Å². The molecule has 4 nitrogen and oxygen atoms in total. The number of aromatic carboxylic acids is 1. The van der Waals surface area contributed by atoms with Gasteiger partial charge in [0, 0.05) is 0 Å². The average Bonchev–Trinajstić information content (AvgIpc) is 2.54. The summed E-state index contributed by atoms with van der Waals surface area (Å²) in [4.78, 5) is 11.7. The fourth-order valence-electron chi connectivity index (χ4n) is 3.29. The second-order valence-corrected chi connectivity index (χ2v) is 7.50. The first kappa shape index (κ1) is 20.1. The van der Waals surface area contributed by atoms with E-state index in [4.69, 9.17) is 4.74 Å². The highest BCUT2D eigenvalue weighted by molar-refractivity contribution is 5.95. The Balaban J connectivity index is 2.34. The lowest BCUT2D eigenvalue weighted by molar-refractivity contribution is 0.0692. The maximum atomic E-state index is 11.7. The smallest absolute Gasteiger partial charge is 0.339 e. The predicted octanol–water partition coefficient (Wildman–Crippen LogP) is 5.73. The van der Waals surface area contributed by atoms with Gasteiger partial charge >= 0.3 is 5.97 Å². The molecule has 4 heteroatoms. The number of phenols is 1. The summed E-state index contributed by atoms with van der Waals surface area (Å²) < 4.78 is 6.19. The third kappa shape index (κ3) is 4.69. The van der Waals surface area contributed by atoms with Crippen LogP contribution in [0.15, 0.2) is 23.8 Å². The Morgan fingerprint density at radius 2 is 2.04 bits per heavy atom. The molecule has 1 aliphatic heterocycles. The van der Waals surface area contributed by atoms with Crippen LogP contribution in [-0.2, 0) is 6.42 Å². The van der Waals surface area contributed by atoms with E-state index in [-0.39, 0.29) is 11.3 Å². The highest BCUT2D eigenvalue weighted by Gasteiger charge is 2.31. The number of carbonyl (C=O) groups is 1. The molecule has 1 aromatic carbocycles. The Morgan fingerprint density at radius 3 is 2.65 bits per heavy atom. The predicted molar refractivity (Wildman–Crippen MR) is 105 cm³/mol. The fourth-order valence-corrected chi connectivity index (χ4v) is 3.29. The minimum absolute atomic E-state index is 0.00115. The van der Waals surface area contributed by atoms with Crippen LogP contribution in [0.2, 0.25) is 0 Å². The molecular formula is C22H30O4. The highest BCUT2D eigenvalue weighted by Crippen LogP contribution is 2.42. The fraction of sp³-hybridized carbons (Fsp3) is 0.500. The summed E-state index contributed by atoms with van der Waals surface area (Å²) >= 11 is 0. The Labute approximate surface area is 156 Å². The van der Waals surface area contributed by atoms with Crippen molar-refractivity contribution in [3.05, 3.63) is 40.5 Å². The van der Waals surface area contributed by atoms with Crippen molar-refractivity contribution in [2.24, 2.45) is 0 Å². The topological polar surface area (TPSA) is 66.8 Å². The molecule has 1 heterocycles. The molecule has 0 unspecified atom stereocenters. The summed E-state index contributed by atoms with van der Waals surface area (Å²) in [7, 11) is 0. The van der Waals surface area contributed by atoms with Gasteiger partial charge in [-0.3, -0.25) is 0 Å². The van der Waals surface area contributed by atoms with Crippen molar-refractivity contribution in [3.63, 3.8) is 0 Å². The first-order valence-corrected chi connectivity index (χ1v) is 9.41. The van der Waals surface area contributed by atoms with E-state index in [0.29, 0.717) is 23.3 Å². The van der Waals surface area contributed by atoms with E-state index in [1.807, 2.05) is 13.0 Å². The van der Waals surface area contributed by atoms with Gasteiger partial charge in [0.1, 0.15) is 22.7 Å². The van der Waals surface area contributed by atoms with Crippen molar-refractivity contribution in [2.45, 2.75) is 71.8 Å². The third-order valence-electron chi connectivity index (χ3n) is 4.79. The van der Waals surface area contributed by atoms with Crippen LogP contribution in [0, 0.1) is 0 Å². The molecule has 26 heavy (non-hydrogen) atoms. The van der Waals surface area contributed by atoms with Gasteiger partial charge in [-0.2, -0.15) is 0 Å². The number of ether oxygens (including phenoxy) is 1. The zero-order valence-electron chi connectivity index (χ0n) is 16.3. The number of hydrogen-bond donors (Lipinski definition) is 2. The van der Waals surface area contributed by atoms with Crippen LogP contribution in [0.25, 0.3) is 6.08 Å². The maximum Gasteiger partial charge on any atom is 0.339 e. The van der Waals surface area contributed by atoms with E-state index in [0.717, 1.165) is 32.1 Å². The molecule has 0 fully saturated rings. The van der Waals surface area contributed by atoms with Gasteiger partial charge in [-0.1, -0.05) is 31.4 Å². The number of aromatic hydroxyl groups is 1. The molecule has 1 aliphatic rings. The van der Waals surface area contributed by atoms with Gasteiger partial charge < -0.3 is 14.9 Å². The summed E-state index contributed by atoms with van der Waals surface area (Å²) in [5.41, 5.74) is 1.92. The summed E-state index contributed by atoms with van der Waals surface area (Å²) in [5.74, 6) is -0.715. The quantitative estimate of drug-likeness (QED) is 0.460. The second kappa shape index (κ2) is 8.43. The van der Waals surface area contributed by atoms with Crippen LogP contribution in [0.3, 0.4) is 0 Å². The van der Waals surface area contributed by atoms with Crippen molar-refractivity contribution < 1.29 is 19.7 Å². The van der Waals surface area contributed by atoms with Crippen molar-refractivity contribution >= 4 is 12.0 Å². The Kier molecular flexibility index (Phi) is 6.52. The molecular weight excluding hydrogens is 328 g/mol. The van der Waals surface area contributed by atoms with Crippen LogP contribution in [0.5, 0.6) is 11.5 Å². The lowest BCUT2D eigenvalue weighted by Gasteiger charge is -2.32. The van der Waals surface area contributed by atoms with Crippen LogP contribution < -0.4 is 4.74 Å². The molecule has 142 valence electrons. The molecule has 0 radical (unpaired) electrons. The molecule has 2 rings (SSSR count). The Bertz CT molecular complexity index is 726. The Morgan fingerprint density at radius 1 is 1.31 bits per heavy atom. The van der Waals surface area contributed by atoms with Crippen LogP contribution >= 0.6 is 0 Å². The summed E-state index contributed by atoms with van der Waals surface area (Å²) in [5, 5.41) is 20.1. The molecule has 0 aliphatic carbocycles. The van der Waals surface area contributed by atoms with Gasteiger partial charge in [-0.25, -0.2) is 4.79 Å². The monoisotopic (exact) mass is 358 g/mol. The molecule has 0 bridgehead atoms. The number of allylic oxidation sites excluding steroid dienone is 2. The molecule has 0 spiro atoms. The van der Waals surface area contributed by atoms with Gasteiger partial charge in [-0.05, 0) is 70.2 Å². The van der Waals surface area contributed by atoms with Gasteiger partial charge in [0.25, 0.3) is 0 Å². The number of carboxylic acids is 1. The lowest BCUT2D eigenvalue weighted by atomic mass is 9.91. The lowest BCUT2D eigenvalue weighted by Crippen LogP contribution is -2.32. The first-order valence-electron chi connectivity index (χ1n) is 9.41. The first-order chi connectivity index (χ1) is 12.3. The largest absolute Gasteiger partial charge is 0.506 e. The normalized spacial score (nSPS) is 18.2. The van der Waals surface area contributed by atoms with E-state index < -0.39 is 11.6 Å². The highest BCUT2D eigenvalue weighted by atomic mass is 16.5. The maximum absolute atomic E-state index is 11.7. The average molecular weight is 358 g/mol. The number of rotatable bonds is 8. The van der Waals surface area contributed by atoms with Crippen molar-refractivity contribution in [1.82, 2.24) is 0 Å². The summed E-state index contributed by atoms with van der Waals surface area (Å²) in [6.07, 6.45) is 11.2. The van der Waals surface area contributed by atoms with E-state index in [1.54, 1.807) is 12.1 Å². The van der Waals surface area contributed by atoms with E-state index in [2.05, 4.69) is 26.8 Å². The minimum Gasteiger partial charge on any atom is -0.506 e. The van der Waals surface area contributed by atoms with Crippen molar-refractivity contribution in [3.8, 4) is 11.5 Å². The number of fused-ring (bicyclic) bond motifs is 1. The van der Waals surface area contributed by atoms with Crippen molar-refractivity contribution in [1.29, 1.82) is 0 Å². The van der Waals surface area contributed by atoms with Crippen LogP contribution in [-0.4, -0.2) is 21.8 Å². The van der Waals surface area contributed by atoms with Gasteiger partial charge in [-0.15, -0.1) is 0 Å². The number of hydrogen-bond acceptors (Lipinski definition) is 3. The van der Waals surface area contributed by atoms with Crippen molar-refractivity contribution in [2.75, 3.05) is 0 Å². The van der Waals surface area contributed by atoms with Gasteiger partial charge in [0.2, 0.25) is 0 Å². The molecule has 0 saturated carbocycles. The third-order valence-corrected chi connectivity index (χ3v) is 4.79. The number of benzene rings is 1. The molecule has 2 N–H and O–H groups in total. The molecule has 1 atom stereocenters. The zero-order valence-corrected chi connectivity index (χ0v) is 16.3. The number of unbranched alkanes of at least 4 members (excludes halogenated alkanes) is 2. The molecule has 0 amide bonds. The van der Waals surface area contributed by atoms with E-state index >= 15 is 0 Å². The second-order valence-electron chi connectivity index (χ2n) is 7.50. The molecule has 0 aromatic heterocycles. The van der Waals surface area contributed by atoms with E-state index in [1.165, 1.54) is 5.57 Å². The van der Waals surface area contributed by atoms with Gasteiger partial charge in [0.15, 0.2) is 0 Å². The molecule has 1 aromatic rings. The van der Waals surface area contributed by atoms with Gasteiger partial charge in [0.05, 0.1) is 5.56 Å². The summed E-state index contributed by atoms with van der Waals surface area (Å²) in [6, 6.07) is 1.80. The Hall–Kier alpha value is -2.23. The number of carboxylic acid groups (broad SMARTS) is 1. The minimum atomic E-state index is -1.10. The molecule has 0 saturated heterocycles. The number of aryl methyl sites for hydroxylation is 1. The standard InChI is InChI=1S/C22H30O4/c1-5-6-7-10-16-14-18-17(20(23)19(16)21(24)25)11-13-22(4,26-18)12-8-9-15(2)3/h9,11,13-14,23H,5-8,10,12H2,1-4H3,(H,24,25)/t22-/m0/s1. The van der Waals surface area contributed by atoms with E-state index in [9.17, 15) is 15.0 Å². The summed E-state index contributed by atoms with van der Waals surface area (Å²) in [6.45, 7) is 8.27. The zero-order chi connectivity index (χ0) is 19.3. The van der Waals surface area contributed by atoms with Crippen LogP contribution in [0.1, 0.15) is 81.3 Å².